The summed E-state index contributed by atoms with van der Waals surface area (Å²) in [4.78, 5) is 23.4. The highest BCUT2D eigenvalue weighted by Crippen LogP contribution is 2.37. The molecule has 1 aliphatic carbocycles. The molecule has 8 heteroatoms. The standard InChI is InChI=1S/C17H19N5O2S/c1-9-11(7-19-22(9)2)17(23)24-8-13-20-15(18)14-10-5-3-4-6-12(10)25-16(14)21-13/h7H,3-6,8H2,1-2H3,(H2,18,20,21). The Morgan fingerprint density at radius 2 is 2.16 bits per heavy atom. The summed E-state index contributed by atoms with van der Waals surface area (Å²) in [5, 5.41) is 5.03. The molecule has 0 amide bonds. The first-order valence-corrected chi connectivity index (χ1v) is 9.08. The van der Waals surface area contributed by atoms with Gasteiger partial charge >= 0.3 is 5.97 Å². The number of thiophene rings is 1. The number of esters is 1. The van der Waals surface area contributed by atoms with Crippen molar-refractivity contribution < 1.29 is 9.53 Å². The van der Waals surface area contributed by atoms with Gasteiger partial charge in [-0.15, -0.1) is 11.3 Å². The van der Waals surface area contributed by atoms with Gasteiger partial charge in [-0.1, -0.05) is 0 Å². The zero-order chi connectivity index (χ0) is 17.6. The number of anilines is 1. The van der Waals surface area contributed by atoms with Crippen molar-refractivity contribution in [2.24, 2.45) is 7.05 Å². The Hall–Kier alpha value is -2.48. The molecule has 2 N–H and O–H groups in total. The third kappa shape index (κ3) is 2.76. The van der Waals surface area contributed by atoms with Gasteiger partial charge in [0.25, 0.3) is 0 Å². The van der Waals surface area contributed by atoms with Crippen LogP contribution in [0.25, 0.3) is 10.2 Å². The van der Waals surface area contributed by atoms with Crippen LogP contribution in [0.1, 0.15) is 45.2 Å². The smallest absolute Gasteiger partial charge is 0.342 e. The number of hydrogen-bond donors (Lipinski definition) is 1. The molecule has 0 bridgehead atoms. The van der Waals surface area contributed by atoms with E-state index in [1.54, 1.807) is 23.1 Å². The molecule has 0 saturated carbocycles. The topological polar surface area (TPSA) is 95.9 Å². The predicted molar refractivity (Wildman–Crippen MR) is 95.5 cm³/mol. The number of fused-ring (bicyclic) bond motifs is 3. The van der Waals surface area contributed by atoms with Gasteiger partial charge in [0.2, 0.25) is 0 Å². The molecule has 130 valence electrons. The van der Waals surface area contributed by atoms with Crippen molar-refractivity contribution in [2.75, 3.05) is 5.73 Å². The predicted octanol–water partition coefficient (Wildman–Crippen LogP) is 2.55. The molecule has 3 aromatic heterocycles. The molecule has 7 nitrogen and oxygen atoms in total. The highest BCUT2D eigenvalue weighted by molar-refractivity contribution is 7.19. The molecule has 0 atom stereocenters. The molecular formula is C17H19N5O2S. The van der Waals surface area contributed by atoms with Crippen molar-refractivity contribution in [3.63, 3.8) is 0 Å². The SMILES string of the molecule is Cc1c(C(=O)OCc2nc(N)c3c4c(sc3n2)CCCC4)cnn1C. The third-order valence-corrected chi connectivity index (χ3v) is 5.86. The van der Waals surface area contributed by atoms with Crippen LogP contribution in [-0.4, -0.2) is 25.7 Å². The molecule has 0 radical (unpaired) electrons. The number of aryl methyl sites for hydroxylation is 3. The lowest BCUT2D eigenvalue weighted by Gasteiger charge is -2.10. The van der Waals surface area contributed by atoms with Crippen LogP contribution in [0.4, 0.5) is 5.82 Å². The Morgan fingerprint density at radius 3 is 2.92 bits per heavy atom. The zero-order valence-corrected chi connectivity index (χ0v) is 15.0. The van der Waals surface area contributed by atoms with Crippen molar-refractivity contribution in [1.29, 1.82) is 0 Å². The van der Waals surface area contributed by atoms with Crippen molar-refractivity contribution in [3.05, 3.63) is 33.7 Å². The zero-order valence-electron chi connectivity index (χ0n) is 14.2. The maximum Gasteiger partial charge on any atom is 0.342 e. The molecule has 0 saturated heterocycles. The molecule has 0 spiro atoms. The number of carbonyl (C=O) groups excluding carboxylic acids is 1. The van der Waals surface area contributed by atoms with Crippen LogP contribution in [0.15, 0.2) is 6.20 Å². The molecular weight excluding hydrogens is 338 g/mol. The summed E-state index contributed by atoms with van der Waals surface area (Å²) in [7, 11) is 1.78. The van der Waals surface area contributed by atoms with E-state index in [1.807, 2.05) is 6.92 Å². The largest absolute Gasteiger partial charge is 0.454 e. The van der Waals surface area contributed by atoms with Gasteiger partial charge in [0.05, 0.1) is 11.6 Å². The van der Waals surface area contributed by atoms with E-state index in [0.717, 1.165) is 28.8 Å². The third-order valence-electron chi connectivity index (χ3n) is 4.68. The average Bonchev–Trinajstić information content (AvgIpc) is 3.13. The van der Waals surface area contributed by atoms with E-state index in [4.69, 9.17) is 10.5 Å². The van der Waals surface area contributed by atoms with Gasteiger partial charge in [-0.2, -0.15) is 5.10 Å². The maximum absolute atomic E-state index is 12.2. The molecule has 4 rings (SSSR count). The van der Waals surface area contributed by atoms with Gasteiger partial charge in [-0.25, -0.2) is 14.8 Å². The number of aromatic nitrogens is 4. The van der Waals surface area contributed by atoms with Crippen molar-refractivity contribution in [2.45, 2.75) is 39.2 Å². The average molecular weight is 357 g/mol. The molecule has 3 heterocycles. The van der Waals surface area contributed by atoms with Crippen LogP contribution in [-0.2, 0) is 31.2 Å². The summed E-state index contributed by atoms with van der Waals surface area (Å²) in [6.07, 6.45) is 6.02. The van der Waals surface area contributed by atoms with Crippen molar-refractivity contribution in [3.8, 4) is 0 Å². The van der Waals surface area contributed by atoms with Gasteiger partial charge in [-0.05, 0) is 38.2 Å². The first-order chi connectivity index (χ1) is 12.0. The lowest BCUT2D eigenvalue weighted by Crippen LogP contribution is -2.09. The van der Waals surface area contributed by atoms with E-state index in [2.05, 4.69) is 15.1 Å². The van der Waals surface area contributed by atoms with Gasteiger partial charge < -0.3 is 10.5 Å². The Morgan fingerprint density at radius 1 is 1.36 bits per heavy atom. The number of ether oxygens (including phenoxy) is 1. The fourth-order valence-electron chi connectivity index (χ4n) is 3.20. The van der Waals surface area contributed by atoms with E-state index < -0.39 is 5.97 Å². The fourth-order valence-corrected chi connectivity index (χ4v) is 4.49. The van der Waals surface area contributed by atoms with E-state index in [0.29, 0.717) is 17.2 Å². The number of nitrogen functional groups attached to an aromatic ring is 1. The van der Waals surface area contributed by atoms with Gasteiger partial charge in [0.1, 0.15) is 16.2 Å². The Kier molecular flexibility index (Phi) is 3.91. The molecule has 3 aromatic rings. The highest BCUT2D eigenvalue weighted by atomic mass is 32.1. The van der Waals surface area contributed by atoms with E-state index in [-0.39, 0.29) is 6.61 Å². The number of rotatable bonds is 3. The van der Waals surface area contributed by atoms with Crippen molar-refractivity contribution >= 4 is 33.3 Å². The summed E-state index contributed by atoms with van der Waals surface area (Å²) >= 11 is 1.68. The number of nitrogens with zero attached hydrogens (tertiary/aromatic N) is 4. The first kappa shape index (κ1) is 16.0. The Labute approximate surface area is 148 Å². The summed E-state index contributed by atoms with van der Waals surface area (Å²) in [6.45, 7) is 1.82. The lowest BCUT2D eigenvalue weighted by molar-refractivity contribution is 0.0462. The van der Waals surface area contributed by atoms with Crippen LogP contribution in [0.3, 0.4) is 0 Å². The summed E-state index contributed by atoms with van der Waals surface area (Å²) in [6, 6.07) is 0. The second-order valence-corrected chi connectivity index (χ2v) is 7.34. The fraction of sp³-hybridized carbons (Fsp3) is 0.412. The molecule has 0 aliphatic heterocycles. The molecule has 1 aliphatic rings. The van der Waals surface area contributed by atoms with Crippen LogP contribution < -0.4 is 5.73 Å². The minimum atomic E-state index is -0.432. The van der Waals surface area contributed by atoms with Crippen LogP contribution >= 0.6 is 11.3 Å². The molecule has 0 unspecified atom stereocenters. The second kappa shape index (κ2) is 6.11. The molecule has 25 heavy (non-hydrogen) atoms. The highest BCUT2D eigenvalue weighted by Gasteiger charge is 2.21. The van der Waals surface area contributed by atoms with Crippen LogP contribution in [0.5, 0.6) is 0 Å². The lowest BCUT2D eigenvalue weighted by atomic mass is 9.97. The molecule has 0 aromatic carbocycles. The van der Waals surface area contributed by atoms with Crippen molar-refractivity contribution in [1.82, 2.24) is 19.7 Å². The summed E-state index contributed by atoms with van der Waals surface area (Å²) in [5.41, 5.74) is 8.68. The van der Waals surface area contributed by atoms with Gasteiger partial charge in [-0.3, -0.25) is 4.68 Å². The Bertz CT molecular complexity index is 975. The number of hydrogen-bond acceptors (Lipinski definition) is 7. The van der Waals surface area contributed by atoms with E-state index in [9.17, 15) is 4.79 Å². The van der Waals surface area contributed by atoms with Gasteiger partial charge in [0, 0.05) is 17.6 Å². The minimum absolute atomic E-state index is 0.00409. The van der Waals surface area contributed by atoms with Crippen LogP contribution in [0.2, 0.25) is 0 Å². The number of nitrogens with two attached hydrogens (primary N) is 1. The summed E-state index contributed by atoms with van der Waals surface area (Å²) in [5.74, 6) is 0.477. The quantitative estimate of drug-likeness (QED) is 0.724. The normalized spacial score (nSPS) is 13.8. The summed E-state index contributed by atoms with van der Waals surface area (Å²) < 4.78 is 6.98. The van der Waals surface area contributed by atoms with Crippen LogP contribution in [0, 0.1) is 6.92 Å². The second-order valence-electron chi connectivity index (χ2n) is 6.26. The maximum atomic E-state index is 12.2. The monoisotopic (exact) mass is 357 g/mol. The number of carbonyl (C=O) groups is 1. The van der Waals surface area contributed by atoms with E-state index in [1.165, 1.54) is 29.5 Å². The molecule has 0 fully saturated rings. The first-order valence-electron chi connectivity index (χ1n) is 8.27. The Balaban J connectivity index is 1.58. The van der Waals surface area contributed by atoms with Gasteiger partial charge in [0.15, 0.2) is 12.4 Å². The minimum Gasteiger partial charge on any atom is -0.454 e. The van der Waals surface area contributed by atoms with E-state index >= 15 is 0 Å².